The zero-order valence-corrected chi connectivity index (χ0v) is 16.3. The first kappa shape index (κ1) is 21.6. The van der Waals surface area contributed by atoms with Crippen molar-refractivity contribution in [2.75, 3.05) is 0 Å². The van der Waals surface area contributed by atoms with Crippen LogP contribution in [0.15, 0.2) is 60.4 Å². The number of pyridine rings is 1. The SMILES string of the molecule is CC(C)C(O)(/C(N)=C/N)c1ccc2c(C(F)(F)F)c(-c3ccc(F)cc3)ccc2n1. The number of benzene rings is 2. The summed E-state index contributed by atoms with van der Waals surface area (Å²) in [6.45, 7) is 3.39. The minimum absolute atomic E-state index is 0.0367. The summed E-state index contributed by atoms with van der Waals surface area (Å²) in [6, 6.07) is 10.1. The first-order valence-electron chi connectivity index (χ1n) is 9.17. The molecule has 1 heterocycles. The van der Waals surface area contributed by atoms with Gasteiger partial charge in [0.1, 0.15) is 11.4 Å². The number of aromatic nitrogens is 1. The maximum absolute atomic E-state index is 14.0. The van der Waals surface area contributed by atoms with Gasteiger partial charge in [0.15, 0.2) is 0 Å². The van der Waals surface area contributed by atoms with Crippen molar-refractivity contribution in [1.82, 2.24) is 4.98 Å². The van der Waals surface area contributed by atoms with Crippen LogP contribution in [0, 0.1) is 11.7 Å². The Morgan fingerprint density at radius 3 is 2.20 bits per heavy atom. The highest BCUT2D eigenvalue weighted by molar-refractivity contribution is 5.90. The minimum atomic E-state index is -4.68. The first-order chi connectivity index (χ1) is 14.0. The average Bonchev–Trinajstić information content (AvgIpc) is 2.70. The molecule has 5 N–H and O–H groups in total. The molecular formula is C22H21F4N3O. The van der Waals surface area contributed by atoms with Crippen LogP contribution >= 0.6 is 0 Å². The molecule has 0 radical (unpaired) electrons. The fraction of sp³-hybridized carbons (Fsp3) is 0.227. The Morgan fingerprint density at radius 1 is 1.03 bits per heavy atom. The van der Waals surface area contributed by atoms with Crippen LogP contribution in [0.25, 0.3) is 22.0 Å². The van der Waals surface area contributed by atoms with E-state index in [-0.39, 0.29) is 33.4 Å². The fourth-order valence-corrected chi connectivity index (χ4v) is 3.50. The topological polar surface area (TPSA) is 85.2 Å². The number of aliphatic hydroxyl groups is 1. The second kappa shape index (κ2) is 7.60. The van der Waals surface area contributed by atoms with Crippen molar-refractivity contribution in [1.29, 1.82) is 0 Å². The Labute approximate surface area is 170 Å². The van der Waals surface area contributed by atoms with Gasteiger partial charge >= 0.3 is 6.18 Å². The van der Waals surface area contributed by atoms with E-state index in [2.05, 4.69) is 4.98 Å². The smallest absolute Gasteiger partial charge is 0.403 e. The minimum Gasteiger partial charge on any atom is -0.403 e. The summed E-state index contributed by atoms with van der Waals surface area (Å²) in [4.78, 5) is 4.27. The molecule has 0 aliphatic heterocycles. The molecule has 0 bridgehead atoms. The lowest BCUT2D eigenvalue weighted by molar-refractivity contribution is -0.135. The van der Waals surface area contributed by atoms with Gasteiger partial charge in [0, 0.05) is 11.6 Å². The molecule has 2 aromatic carbocycles. The van der Waals surface area contributed by atoms with Gasteiger partial charge in [0.05, 0.1) is 22.5 Å². The molecule has 3 rings (SSSR count). The van der Waals surface area contributed by atoms with Crippen LogP contribution in [-0.2, 0) is 11.8 Å². The maximum atomic E-state index is 14.0. The molecule has 8 heteroatoms. The van der Waals surface area contributed by atoms with E-state index in [1.165, 1.54) is 36.4 Å². The first-order valence-corrected chi connectivity index (χ1v) is 9.17. The monoisotopic (exact) mass is 419 g/mol. The summed E-state index contributed by atoms with van der Waals surface area (Å²) in [5.41, 5.74) is 8.93. The highest BCUT2D eigenvalue weighted by atomic mass is 19.4. The zero-order chi connectivity index (χ0) is 22.3. The lowest BCUT2D eigenvalue weighted by atomic mass is 9.83. The molecule has 0 saturated heterocycles. The lowest BCUT2D eigenvalue weighted by Gasteiger charge is -2.32. The van der Waals surface area contributed by atoms with E-state index in [4.69, 9.17) is 11.5 Å². The molecule has 1 atom stereocenters. The van der Waals surface area contributed by atoms with Gasteiger partial charge in [-0.15, -0.1) is 0 Å². The quantitative estimate of drug-likeness (QED) is 0.537. The molecule has 30 heavy (non-hydrogen) atoms. The van der Waals surface area contributed by atoms with E-state index in [1.807, 2.05) is 0 Å². The largest absolute Gasteiger partial charge is 0.417 e. The molecule has 0 aliphatic carbocycles. The van der Waals surface area contributed by atoms with Crippen molar-refractivity contribution in [3.63, 3.8) is 0 Å². The van der Waals surface area contributed by atoms with Crippen LogP contribution in [0.1, 0.15) is 25.1 Å². The molecule has 4 nitrogen and oxygen atoms in total. The maximum Gasteiger partial charge on any atom is 0.417 e. The summed E-state index contributed by atoms with van der Waals surface area (Å²) in [5.74, 6) is -0.985. The molecule has 0 amide bonds. The Morgan fingerprint density at radius 2 is 1.67 bits per heavy atom. The molecule has 1 unspecified atom stereocenters. The van der Waals surface area contributed by atoms with Crippen LogP contribution in [0.3, 0.4) is 0 Å². The third-order valence-electron chi connectivity index (χ3n) is 5.16. The number of rotatable bonds is 4. The predicted octanol–water partition coefficient (Wildman–Crippen LogP) is 4.66. The average molecular weight is 419 g/mol. The summed E-state index contributed by atoms with van der Waals surface area (Å²) < 4.78 is 55.2. The van der Waals surface area contributed by atoms with Crippen molar-refractivity contribution in [3.05, 3.63) is 77.5 Å². The summed E-state index contributed by atoms with van der Waals surface area (Å²) in [6.07, 6.45) is -3.64. The van der Waals surface area contributed by atoms with Crippen LogP contribution < -0.4 is 11.5 Å². The third kappa shape index (κ3) is 3.59. The van der Waals surface area contributed by atoms with Gasteiger partial charge in [0.2, 0.25) is 0 Å². The van der Waals surface area contributed by atoms with Gasteiger partial charge in [-0.2, -0.15) is 13.2 Å². The molecule has 0 fully saturated rings. The van der Waals surface area contributed by atoms with Crippen molar-refractivity contribution in [3.8, 4) is 11.1 Å². The molecule has 0 spiro atoms. The predicted molar refractivity (Wildman–Crippen MR) is 107 cm³/mol. The molecule has 1 aromatic heterocycles. The van der Waals surface area contributed by atoms with Gasteiger partial charge < -0.3 is 16.6 Å². The third-order valence-corrected chi connectivity index (χ3v) is 5.16. The van der Waals surface area contributed by atoms with Gasteiger partial charge in [-0.1, -0.05) is 38.1 Å². The van der Waals surface area contributed by atoms with E-state index in [9.17, 15) is 22.7 Å². The van der Waals surface area contributed by atoms with Crippen molar-refractivity contribution < 1.29 is 22.7 Å². The second-order valence-electron chi connectivity index (χ2n) is 7.30. The molecule has 0 saturated carbocycles. The Hall–Kier alpha value is -3.13. The fourth-order valence-electron chi connectivity index (χ4n) is 3.50. The van der Waals surface area contributed by atoms with Gasteiger partial charge in [-0.3, -0.25) is 0 Å². The van der Waals surface area contributed by atoms with Gasteiger partial charge in [0.25, 0.3) is 0 Å². The van der Waals surface area contributed by atoms with Crippen LogP contribution in [0.4, 0.5) is 17.6 Å². The zero-order valence-electron chi connectivity index (χ0n) is 16.3. The number of nitrogens with two attached hydrogens (primary N) is 2. The number of fused-ring (bicyclic) bond motifs is 1. The van der Waals surface area contributed by atoms with Crippen LogP contribution in [-0.4, -0.2) is 10.1 Å². The van der Waals surface area contributed by atoms with Gasteiger partial charge in [-0.05, 0) is 41.3 Å². The normalized spacial score (nSPS) is 14.9. The molecule has 158 valence electrons. The highest BCUT2D eigenvalue weighted by Gasteiger charge is 2.39. The summed E-state index contributed by atoms with van der Waals surface area (Å²) in [7, 11) is 0. The summed E-state index contributed by atoms with van der Waals surface area (Å²) >= 11 is 0. The Kier molecular flexibility index (Phi) is 5.47. The van der Waals surface area contributed by atoms with Crippen molar-refractivity contribution >= 4 is 10.9 Å². The van der Waals surface area contributed by atoms with Crippen molar-refractivity contribution in [2.45, 2.75) is 25.6 Å². The summed E-state index contributed by atoms with van der Waals surface area (Å²) in [5, 5.41) is 10.9. The molecule has 0 aliphatic rings. The molecule has 3 aromatic rings. The number of hydrogen-bond acceptors (Lipinski definition) is 4. The Bertz CT molecular complexity index is 1110. The number of nitrogens with zero attached hydrogens (tertiary/aromatic N) is 1. The Balaban J connectivity index is 2.29. The standard InChI is InChI=1S/C22H21F4N3O/c1-12(2)21(30,18(28)11-27)19-10-8-16-17(29-19)9-7-15(20(16)22(24,25)26)13-3-5-14(23)6-4-13/h3-12,30H,27-28H2,1-2H3/b18-11-. The van der Waals surface area contributed by atoms with Crippen LogP contribution in [0.5, 0.6) is 0 Å². The van der Waals surface area contributed by atoms with Crippen LogP contribution in [0.2, 0.25) is 0 Å². The van der Waals surface area contributed by atoms with E-state index in [0.717, 1.165) is 18.3 Å². The van der Waals surface area contributed by atoms with E-state index in [0.29, 0.717) is 0 Å². The second-order valence-corrected chi connectivity index (χ2v) is 7.30. The highest BCUT2D eigenvalue weighted by Crippen LogP contribution is 2.42. The van der Waals surface area contributed by atoms with E-state index < -0.39 is 29.1 Å². The lowest BCUT2D eigenvalue weighted by Crippen LogP contribution is -2.39. The number of hydrogen-bond donors (Lipinski definition) is 3. The number of halogens is 4. The number of alkyl halides is 3. The van der Waals surface area contributed by atoms with E-state index >= 15 is 0 Å². The van der Waals surface area contributed by atoms with Crippen molar-refractivity contribution in [2.24, 2.45) is 17.4 Å². The van der Waals surface area contributed by atoms with Gasteiger partial charge in [-0.25, -0.2) is 9.37 Å². The molecular weight excluding hydrogens is 398 g/mol. The van der Waals surface area contributed by atoms with E-state index in [1.54, 1.807) is 13.8 Å².